The number of rotatable bonds is 6. The molecule has 2 aromatic rings. The molecule has 1 unspecified atom stereocenters. The molecule has 0 aliphatic carbocycles. The zero-order chi connectivity index (χ0) is 12.1. The van der Waals surface area contributed by atoms with E-state index in [0.29, 0.717) is 6.04 Å². The Hall–Kier alpha value is -0.570. The maximum atomic E-state index is 5.79. The molecule has 0 aliphatic rings. The van der Waals surface area contributed by atoms with Crippen molar-refractivity contribution in [3.63, 3.8) is 0 Å². The Morgan fingerprint density at radius 3 is 2.94 bits per heavy atom. The lowest BCUT2D eigenvalue weighted by Gasteiger charge is -2.15. The summed E-state index contributed by atoms with van der Waals surface area (Å²) in [5, 5.41) is 7.22. The first-order chi connectivity index (χ1) is 8.35. The van der Waals surface area contributed by atoms with Gasteiger partial charge in [0, 0.05) is 23.2 Å². The monoisotopic (exact) mass is 267 g/mol. The van der Waals surface area contributed by atoms with Gasteiger partial charge in [0.05, 0.1) is 0 Å². The van der Waals surface area contributed by atoms with Crippen LogP contribution in [-0.4, -0.2) is 11.9 Å². The number of alkyl halides is 1. The van der Waals surface area contributed by atoms with E-state index in [0.717, 1.165) is 25.3 Å². The predicted octanol–water partition coefficient (Wildman–Crippen LogP) is 4.40. The summed E-state index contributed by atoms with van der Waals surface area (Å²) >= 11 is 7.61. The largest absolute Gasteiger partial charge is 0.310 e. The fraction of sp³-hybridized carbons (Fsp3) is 0.429. The van der Waals surface area contributed by atoms with Gasteiger partial charge in [-0.25, -0.2) is 0 Å². The van der Waals surface area contributed by atoms with E-state index in [1.54, 1.807) is 0 Å². The van der Waals surface area contributed by atoms with Crippen LogP contribution in [0.5, 0.6) is 0 Å². The second kappa shape index (κ2) is 6.39. The van der Waals surface area contributed by atoms with Gasteiger partial charge in [-0.3, -0.25) is 0 Å². The molecular weight excluding hydrogens is 250 g/mol. The first kappa shape index (κ1) is 12.9. The van der Waals surface area contributed by atoms with Crippen LogP contribution in [0, 0.1) is 0 Å². The highest BCUT2D eigenvalue weighted by molar-refractivity contribution is 7.17. The zero-order valence-electron chi connectivity index (χ0n) is 10.1. The van der Waals surface area contributed by atoms with Gasteiger partial charge in [0.15, 0.2) is 0 Å². The first-order valence-electron chi connectivity index (χ1n) is 6.09. The Balaban J connectivity index is 2.03. The minimum absolute atomic E-state index is 0.533. The molecule has 0 spiro atoms. The van der Waals surface area contributed by atoms with E-state index in [-0.39, 0.29) is 0 Å². The van der Waals surface area contributed by atoms with E-state index in [4.69, 9.17) is 11.6 Å². The summed E-state index contributed by atoms with van der Waals surface area (Å²) in [5.41, 5.74) is 1.40. The molecule has 0 radical (unpaired) electrons. The van der Waals surface area contributed by atoms with Crippen molar-refractivity contribution in [3.8, 4) is 0 Å². The summed E-state index contributed by atoms with van der Waals surface area (Å²) in [6.07, 6.45) is 2.18. The maximum absolute atomic E-state index is 5.79. The van der Waals surface area contributed by atoms with Crippen LogP contribution in [0.1, 0.15) is 25.3 Å². The third kappa shape index (κ3) is 3.21. The molecule has 0 aliphatic heterocycles. The number of hydrogen-bond donors (Lipinski definition) is 1. The van der Waals surface area contributed by atoms with Crippen LogP contribution in [0.15, 0.2) is 29.6 Å². The molecule has 3 heteroatoms. The fourth-order valence-corrected chi connectivity index (χ4v) is 3.23. The minimum Gasteiger partial charge on any atom is -0.310 e. The molecule has 1 nitrogen and oxygen atoms in total. The number of benzene rings is 1. The second-order valence-corrected chi connectivity index (χ2v) is 5.51. The molecule has 17 heavy (non-hydrogen) atoms. The average molecular weight is 268 g/mol. The van der Waals surface area contributed by atoms with Crippen LogP contribution in [0.25, 0.3) is 10.1 Å². The van der Waals surface area contributed by atoms with Gasteiger partial charge >= 0.3 is 0 Å². The lowest BCUT2D eigenvalue weighted by molar-refractivity contribution is 0.487. The second-order valence-electron chi connectivity index (χ2n) is 4.22. The molecule has 0 amide bonds. The van der Waals surface area contributed by atoms with Crippen LogP contribution < -0.4 is 5.32 Å². The third-order valence-corrected chi connectivity index (χ3v) is 4.32. The quantitative estimate of drug-likeness (QED) is 0.765. The summed E-state index contributed by atoms with van der Waals surface area (Å²) in [6.45, 7) is 3.15. The van der Waals surface area contributed by atoms with Crippen LogP contribution in [0.2, 0.25) is 0 Å². The maximum Gasteiger partial charge on any atom is 0.0346 e. The van der Waals surface area contributed by atoms with Crippen molar-refractivity contribution < 1.29 is 0 Å². The van der Waals surface area contributed by atoms with Crippen molar-refractivity contribution >= 4 is 33.0 Å². The van der Waals surface area contributed by atoms with Gasteiger partial charge in [0.2, 0.25) is 0 Å². The normalized spacial score (nSPS) is 13.1. The Bertz CT molecular complexity index is 466. The molecule has 1 N–H and O–H groups in total. The van der Waals surface area contributed by atoms with Crippen molar-refractivity contribution in [2.75, 3.05) is 5.88 Å². The van der Waals surface area contributed by atoms with E-state index in [1.807, 2.05) is 11.3 Å². The van der Waals surface area contributed by atoms with Gasteiger partial charge < -0.3 is 5.32 Å². The molecule has 1 heterocycles. The topological polar surface area (TPSA) is 12.0 Å². The van der Waals surface area contributed by atoms with Crippen molar-refractivity contribution in [1.29, 1.82) is 0 Å². The van der Waals surface area contributed by atoms with Crippen LogP contribution in [-0.2, 0) is 6.54 Å². The van der Waals surface area contributed by atoms with Crippen LogP contribution in [0.4, 0.5) is 0 Å². The number of fused-ring (bicyclic) bond motifs is 1. The van der Waals surface area contributed by atoms with E-state index in [1.165, 1.54) is 15.6 Å². The summed E-state index contributed by atoms with van der Waals surface area (Å²) < 4.78 is 1.37. The number of nitrogens with one attached hydrogen (secondary N) is 1. The van der Waals surface area contributed by atoms with Gasteiger partial charge in [-0.1, -0.05) is 25.1 Å². The van der Waals surface area contributed by atoms with Gasteiger partial charge in [0.1, 0.15) is 0 Å². The summed E-state index contributed by atoms with van der Waals surface area (Å²) in [5.74, 6) is 0.732. The summed E-state index contributed by atoms with van der Waals surface area (Å²) in [7, 11) is 0. The van der Waals surface area contributed by atoms with Crippen molar-refractivity contribution in [2.45, 2.75) is 32.4 Å². The van der Waals surface area contributed by atoms with E-state index >= 15 is 0 Å². The molecule has 0 saturated heterocycles. The molecular formula is C14H18ClNS. The Morgan fingerprint density at radius 1 is 1.35 bits per heavy atom. The molecule has 0 bridgehead atoms. The highest BCUT2D eigenvalue weighted by atomic mass is 35.5. The molecule has 92 valence electrons. The smallest absolute Gasteiger partial charge is 0.0346 e. The zero-order valence-corrected chi connectivity index (χ0v) is 11.7. The SMILES string of the molecule is CCC(CCCl)NCc1csc2ccccc12. The standard InChI is InChI=1S/C14H18ClNS/c1-2-12(7-8-15)16-9-11-10-17-14-6-4-3-5-13(11)14/h3-6,10,12,16H,2,7-9H2,1H3. The van der Waals surface area contributed by atoms with Gasteiger partial charge in [0.25, 0.3) is 0 Å². The molecule has 1 aromatic carbocycles. The van der Waals surface area contributed by atoms with Crippen molar-refractivity contribution in [3.05, 3.63) is 35.2 Å². The third-order valence-electron chi connectivity index (χ3n) is 3.09. The number of hydrogen-bond acceptors (Lipinski definition) is 2. The molecule has 0 saturated carbocycles. The van der Waals surface area contributed by atoms with Gasteiger partial charge in [-0.05, 0) is 35.2 Å². The molecule has 0 fully saturated rings. The Labute approximate surface area is 112 Å². The van der Waals surface area contributed by atoms with Crippen LogP contribution in [0.3, 0.4) is 0 Å². The molecule has 2 rings (SSSR count). The molecule has 1 aromatic heterocycles. The predicted molar refractivity (Wildman–Crippen MR) is 78.1 cm³/mol. The Kier molecular flexibility index (Phi) is 4.84. The summed E-state index contributed by atoms with van der Waals surface area (Å²) in [6, 6.07) is 9.11. The lowest BCUT2D eigenvalue weighted by Crippen LogP contribution is -2.28. The minimum atomic E-state index is 0.533. The number of halogens is 1. The summed E-state index contributed by atoms with van der Waals surface area (Å²) in [4.78, 5) is 0. The molecule has 1 atom stereocenters. The van der Waals surface area contributed by atoms with Crippen molar-refractivity contribution in [1.82, 2.24) is 5.32 Å². The highest BCUT2D eigenvalue weighted by Gasteiger charge is 2.07. The van der Waals surface area contributed by atoms with E-state index in [9.17, 15) is 0 Å². The van der Waals surface area contributed by atoms with E-state index in [2.05, 4.69) is 41.9 Å². The average Bonchev–Trinajstić information content (AvgIpc) is 2.78. The van der Waals surface area contributed by atoms with Crippen molar-refractivity contribution in [2.24, 2.45) is 0 Å². The first-order valence-corrected chi connectivity index (χ1v) is 7.51. The van der Waals surface area contributed by atoms with Crippen LogP contribution >= 0.6 is 22.9 Å². The number of thiophene rings is 1. The Morgan fingerprint density at radius 2 is 2.18 bits per heavy atom. The lowest BCUT2D eigenvalue weighted by atomic mass is 10.1. The van der Waals surface area contributed by atoms with Gasteiger partial charge in [-0.15, -0.1) is 22.9 Å². The fourth-order valence-electron chi connectivity index (χ4n) is 2.01. The van der Waals surface area contributed by atoms with E-state index < -0.39 is 0 Å². The van der Waals surface area contributed by atoms with Gasteiger partial charge in [-0.2, -0.15) is 0 Å². The highest BCUT2D eigenvalue weighted by Crippen LogP contribution is 2.25.